The van der Waals surface area contributed by atoms with E-state index in [1.807, 2.05) is 32.9 Å². The van der Waals surface area contributed by atoms with Crippen LogP contribution in [0.15, 0.2) is 12.1 Å². The number of carbonyl (C=O) groups is 1. The molecule has 1 aromatic rings. The molecule has 17 heavy (non-hydrogen) atoms. The average Bonchev–Trinajstić information content (AvgIpc) is 2.28. The normalized spacial score (nSPS) is 9.76. The lowest BCUT2D eigenvalue weighted by Gasteiger charge is -2.19. The number of hydrogen-bond donors (Lipinski definition) is 0. The first kappa shape index (κ1) is 13.2. The Kier molecular flexibility index (Phi) is 4.65. The van der Waals surface area contributed by atoms with Gasteiger partial charge in [0.05, 0.1) is 17.3 Å². The highest BCUT2D eigenvalue weighted by molar-refractivity contribution is 5.95. The zero-order valence-corrected chi connectivity index (χ0v) is 10.5. The summed E-state index contributed by atoms with van der Waals surface area (Å²) in [5, 5.41) is 8.71. The molecule has 0 aliphatic carbocycles. The quantitative estimate of drug-likeness (QED) is 0.745. The maximum Gasteiger partial charge on any atom is 0.256 e. The molecule has 0 saturated carbocycles. The highest BCUT2D eigenvalue weighted by atomic mass is 16.2. The van der Waals surface area contributed by atoms with Gasteiger partial charge in [0.1, 0.15) is 6.54 Å². The van der Waals surface area contributed by atoms with Gasteiger partial charge in [0, 0.05) is 12.2 Å². The van der Waals surface area contributed by atoms with Crippen LogP contribution in [0.25, 0.3) is 0 Å². The molecule has 0 saturated heterocycles. The van der Waals surface area contributed by atoms with Crippen molar-refractivity contribution in [2.45, 2.75) is 27.2 Å². The van der Waals surface area contributed by atoms with Gasteiger partial charge in [-0.3, -0.25) is 9.78 Å². The van der Waals surface area contributed by atoms with Crippen molar-refractivity contribution >= 4 is 5.91 Å². The average molecular weight is 231 g/mol. The largest absolute Gasteiger partial charge is 0.325 e. The molecule has 1 rings (SSSR count). The van der Waals surface area contributed by atoms with Gasteiger partial charge in [-0.1, -0.05) is 6.92 Å². The molecule has 1 amide bonds. The first-order valence-corrected chi connectivity index (χ1v) is 5.70. The number of hydrogen-bond acceptors (Lipinski definition) is 3. The zero-order chi connectivity index (χ0) is 12.8. The Balaban J connectivity index is 2.97. The Morgan fingerprint density at radius 3 is 2.71 bits per heavy atom. The van der Waals surface area contributed by atoms with E-state index < -0.39 is 0 Å². The third-order valence-corrected chi connectivity index (χ3v) is 2.50. The van der Waals surface area contributed by atoms with Crippen LogP contribution in [0.3, 0.4) is 0 Å². The zero-order valence-electron chi connectivity index (χ0n) is 10.5. The first-order valence-electron chi connectivity index (χ1n) is 5.70. The van der Waals surface area contributed by atoms with Crippen molar-refractivity contribution in [3.8, 4) is 6.07 Å². The third-order valence-electron chi connectivity index (χ3n) is 2.50. The molecule has 0 fully saturated rings. The van der Waals surface area contributed by atoms with Gasteiger partial charge in [-0.25, -0.2) is 0 Å². The molecule has 0 aromatic carbocycles. The van der Waals surface area contributed by atoms with Crippen LogP contribution in [-0.2, 0) is 0 Å². The number of nitriles is 1. The Hall–Kier alpha value is -1.89. The van der Waals surface area contributed by atoms with Crippen molar-refractivity contribution in [1.29, 1.82) is 5.26 Å². The van der Waals surface area contributed by atoms with Crippen molar-refractivity contribution in [2.24, 2.45) is 0 Å². The number of pyridine rings is 1. The van der Waals surface area contributed by atoms with Crippen LogP contribution in [0, 0.1) is 25.2 Å². The fourth-order valence-electron chi connectivity index (χ4n) is 1.69. The third kappa shape index (κ3) is 3.28. The summed E-state index contributed by atoms with van der Waals surface area (Å²) < 4.78 is 0. The topological polar surface area (TPSA) is 57.0 Å². The van der Waals surface area contributed by atoms with E-state index in [9.17, 15) is 4.79 Å². The van der Waals surface area contributed by atoms with Crippen LogP contribution in [0.5, 0.6) is 0 Å². The van der Waals surface area contributed by atoms with Crippen LogP contribution in [0.2, 0.25) is 0 Å². The van der Waals surface area contributed by atoms with E-state index in [1.54, 1.807) is 11.0 Å². The Morgan fingerprint density at radius 1 is 1.47 bits per heavy atom. The van der Waals surface area contributed by atoms with Crippen molar-refractivity contribution in [3.05, 3.63) is 29.1 Å². The minimum Gasteiger partial charge on any atom is -0.325 e. The van der Waals surface area contributed by atoms with Crippen LogP contribution in [0.4, 0.5) is 0 Å². The molecule has 1 heterocycles. The first-order chi connectivity index (χ1) is 8.10. The van der Waals surface area contributed by atoms with E-state index >= 15 is 0 Å². The smallest absolute Gasteiger partial charge is 0.256 e. The van der Waals surface area contributed by atoms with Gasteiger partial charge in [-0.15, -0.1) is 0 Å². The molecule has 4 heteroatoms. The molecule has 0 N–H and O–H groups in total. The standard InChI is InChI=1S/C13H17N3O/c1-4-8-16(9-7-14)13(17)12-6-5-10(2)15-11(12)3/h5-6H,4,8-9H2,1-3H3. The minimum atomic E-state index is -0.113. The number of aryl methyl sites for hydroxylation is 2. The molecule has 4 nitrogen and oxygen atoms in total. The summed E-state index contributed by atoms with van der Waals surface area (Å²) in [6.45, 7) is 6.41. The van der Waals surface area contributed by atoms with E-state index in [1.165, 1.54) is 0 Å². The summed E-state index contributed by atoms with van der Waals surface area (Å²) in [7, 11) is 0. The van der Waals surface area contributed by atoms with Crippen molar-refractivity contribution in [1.82, 2.24) is 9.88 Å². The summed E-state index contributed by atoms with van der Waals surface area (Å²) in [6.07, 6.45) is 0.839. The lowest BCUT2D eigenvalue weighted by atomic mass is 10.1. The number of amides is 1. The molecule has 0 atom stereocenters. The highest BCUT2D eigenvalue weighted by Gasteiger charge is 2.17. The van der Waals surface area contributed by atoms with Crippen molar-refractivity contribution in [2.75, 3.05) is 13.1 Å². The molecule has 1 aromatic heterocycles. The number of nitrogens with zero attached hydrogens (tertiary/aromatic N) is 3. The second-order valence-electron chi connectivity index (χ2n) is 3.97. The van der Waals surface area contributed by atoms with Crippen molar-refractivity contribution in [3.63, 3.8) is 0 Å². The summed E-state index contributed by atoms with van der Waals surface area (Å²) in [6, 6.07) is 5.61. The summed E-state index contributed by atoms with van der Waals surface area (Å²) in [4.78, 5) is 18.0. The lowest BCUT2D eigenvalue weighted by Crippen LogP contribution is -2.32. The molecular weight excluding hydrogens is 214 g/mol. The van der Waals surface area contributed by atoms with Crippen LogP contribution < -0.4 is 0 Å². The number of carbonyl (C=O) groups excluding carboxylic acids is 1. The van der Waals surface area contributed by atoms with Crippen LogP contribution in [-0.4, -0.2) is 28.9 Å². The van der Waals surface area contributed by atoms with Crippen molar-refractivity contribution < 1.29 is 4.79 Å². The Bertz CT molecular complexity index is 448. The monoisotopic (exact) mass is 231 g/mol. The summed E-state index contributed by atoms with van der Waals surface area (Å²) in [5.74, 6) is -0.113. The Labute approximate surface area is 102 Å². The molecule has 0 bridgehead atoms. The van der Waals surface area contributed by atoms with Gasteiger partial charge in [0.25, 0.3) is 5.91 Å². The molecular formula is C13H17N3O. The van der Waals surface area contributed by atoms with Gasteiger partial charge in [-0.2, -0.15) is 5.26 Å². The van der Waals surface area contributed by atoms with Crippen LogP contribution in [0.1, 0.15) is 35.1 Å². The number of aromatic nitrogens is 1. The second kappa shape index (κ2) is 6.00. The molecule has 0 aliphatic heterocycles. The maximum atomic E-state index is 12.2. The van der Waals surface area contributed by atoms with Gasteiger partial charge >= 0.3 is 0 Å². The summed E-state index contributed by atoms with van der Waals surface area (Å²) >= 11 is 0. The van der Waals surface area contributed by atoms with Gasteiger partial charge in [-0.05, 0) is 32.4 Å². The Morgan fingerprint density at radius 2 is 2.18 bits per heavy atom. The van der Waals surface area contributed by atoms with Crippen LogP contribution >= 0.6 is 0 Å². The predicted molar refractivity (Wildman–Crippen MR) is 65.5 cm³/mol. The highest BCUT2D eigenvalue weighted by Crippen LogP contribution is 2.10. The molecule has 90 valence electrons. The van der Waals surface area contributed by atoms with Gasteiger partial charge in [0.2, 0.25) is 0 Å². The van der Waals surface area contributed by atoms with E-state index in [4.69, 9.17) is 5.26 Å². The molecule has 0 unspecified atom stereocenters. The minimum absolute atomic E-state index is 0.113. The fraction of sp³-hybridized carbons (Fsp3) is 0.462. The molecule has 0 radical (unpaired) electrons. The summed E-state index contributed by atoms with van der Waals surface area (Å²) in [5.41, 5.74) is 2.19. The lowest BCUT2D eigenvalue weighted by molar-refractivity contribution is 0.0775. The second-order valence-corrected chi connectivity index (χ2v) is 3.97. The van der Waals surface area contributed by atoms with E-state index in [2.05, 4.69) is 4.98 Å². The van der Waals surface area contributed by atoms with Gasteiger partial charge in [0.15, 0.2) is 0 Å². The van der Waals surface area contributed by atoms with E-state index in [-0.39, 0.29) is 12.5 Å². The van der Waals surface area contributed by atoms with E-state index in [0.717, 1.165) is 12.1 Å². The SMILES string of the molecule is CCCN(CC#N)C(=O)c1ccc(C)nc1C. The fourth-order valence-corrected chi connectivity index (χ4v) is 1.69. The van der Waals surface area contributed by atoms with Gasteiger partial charge < -0.3 is 4.90 Å². The maximum absolute atomic E-state index is 12.2. The number of rotatable bonds is 4. The van der Waals surface area contributed by atoms with E-state index in [0.29, 0.717) is 17.8 Å². The molecule has 0 aliphatic rings. The molecule has 0 spiro atoms. The predicted octanol–water partition coefficient (Wildman–Crippen LogP) is 2.07.